The first-order valence-electron chi connectivity index (χ1n) is 9.47. The summed E-state index contributed by atoms with van der Waals surface area (Å²) >= 11 is 0. The lowest BCUT2D eigenvalue weighted by Crippen LogP contribution is -2.64. The molecule has 0 saturated carbocycles. The molecule has 0 radical (unpaired) electrons. The molecule has 3 heterocycles. The maximum Gasteiger partial charge on any atom is 0.176 e. The Morgan fingerprint density at radius 1 is 1.27 bits per heavy atom. The fourth-order valence-electron chi connectivity index (χ4n) is 4.14. The maximum atomic E-state index is 11.0. The molecule has 2 fully saturated rings. The molecule has 26 heavy (non-hydrogen) atoms. The zero-order valence-corrected chi connectivity index (χ0v) is 15.3. The number of aliphatic hydroxyl groups excluding tert-OH is 1. The molecule has 2 saturated heterocycles. The molecule has 2 aromatic rings. The van der Waals surface area contributed by atoms with Gasteiger partial charge in [0.05, 0.1) is 30.3 Å². The monoisotopic (exact) mass is 357 g/mol. The van der Waals surface area contributed by atoms with Crippen LogP contribution in [0, 0.1) is 0 Å². The molecule has 140 valence electrons. The van der Waals surface area contributed by atoms with Crippen LogP contribution in [0.15, 0.2) is 36.5 Å². The van der Waals surface area contributed by atoms with Gasteiger partial charge >= 0.3 is 0 Å². The first-order valence-corrected chi connectivity index (χ1v) is 9.47. The van der Waals surface area contributed by atoms with Crippen LogP contribution >= 0.6 is 0 Å². The van der Waals surface area contributed by atoms with Crippen molar-refractivity contribution >= 4 is 10.9 Å². The molecule has 5 unspecified atom stereocenters. The molecular formula is C20H27N3O3. The molecule has 6 heteroatoms. The number of para-hydroxylation sites is 1. The van der Waals surface area contributed by atoms with Crippen molar-refractivity contribution in [2.75, 3.05) is 19.7 Å². The Bertz CT molecular complexity index is 750. The average molecular weight is 357 g/mol. The van der Waals surface area contributed by atoms with E-state index in [4.69, 9.17) is 9.47 Å². The van der Waals surface area contributed by atoms with Crippen LogP contribution in [0.25, 0.3) is 10.9 Å². The van der Waals surface area contributed by atoms with E-state index in [-0.39, 0.29) is 24.5 Å². The lowest BCUT2D eigenvalue weighted by atomic mass is 9.94. The molecule has 6 nitrogen and oxygen atoms in total. The van der Waals surface area contributed by atoms with E-state index < -0.39 is 6.10 Å². The number of fused-ring (bicyclic) bond motifs is 3. The van der Waals surface area contributed by atoms with Crippen molar-refractivity contribution in [3.05, 3.63) is 42.1 Å². The normalized spacial score (nSPS) is 31.0. The van der Waals surface area contributed by atoms with E-state index in [0.717, 1.165) is 29.6 Å². The van der Waals surface area contributed by atoms with Crippen molar-refractivity contribution in [3.8, 4) is 0 Å². The van der Waals surface area contributed by atoms with Crippen molar-refractivity contribution in [2.24, 2.45) is 0 Å². The molecular weight excluding hydrogens is 330 g/mol. The number of benzene rings is 1. The predicted octanol–water partition coefficient (Wildman–Crippen LogP) is 1.52. The highest BCUT2D eigenvalue weighted by atomic mass is 16.7. The molecule has 2 aliphatic heterocycles. The molecule has 0 spiro atoms. The van der Waals surface area contributed by atoms with Gasteiger partial charge in [-0.1, -0.05) is 32.0 Å². The summed E-state index contributed by atoms with van der Waals surface area (Å²) < 4.78 is 11.8. The Hall–Kier alpha value is -1.57. The molecule has 0 amide bonds. The molecule has 2 bridgehead atoms. The molecule has 2 N–H and O–H groups in total. The standard InChI is InChI=1S/C20H27N3O3/c1-3-23(4-2)18-19(24)17(16-12-25-20(18)26-16)22-11-13-9-14-7-5-6-8-15(14)21-10-13/h5-10,16-20,22,24H,3-4,11-12H2,1-2H3. The van der Waals surface area contributed by atoms with Crippen molar-refractivity contribution < 1.29 is 14.6 Å². The second kappa shape index (κ2) is 7.58. The quantitative estimate of drug-likeness (QED) is 0.817. The van der Waals surface area contributed by atoms with Crippen molar-refractivity contribution in [2.45, 2.75) is 51.0 Å². The molecule has 1 aromatic heterocycles. The van der Waals surface area contributed by atoms with E-state index in [9.17, 15) is 5.11 Å². The van der Waals surface area contributed by atoms with E-state index in [0.29, 0.717) is 13.2 Å². The third-order valence-corrected chi connectivity index (χ3v) is 5.55. The van der Waals surface area contributed by atoms with Crippen molar-refractivity contribution in [1.29, 1.82) is 0 Å². The second-order valence-corrected chi connectivity index (χ2v) is 7.02. The Morgan fingerprint density at radius 2 is 2.08 bits per heavy atom. The van der Waals surface area contributed by atoms with Gasteiger partial charge in [0.2, 0.25) is 0 Å². The Balaban J connectivity index is 1.49. The first-order chi connectivity index (χ1) is 12.7. The molecule has 0 aliphatic carbocycles. The van der Waals surface area contributed by atoms with E-state index in [1.54, 1.807) is 0 Å². The molecule has 4 rings (SSSR count). The Morgan fingerprint density at radius 3 is 2.88 bits per heavy atom. The van der Waals surface area contributed by atoms with Gasteiger partial charge in [0.15, 0.2) is 6.29 Å². The summed E-state index contributed by atoms with van der Waals surface area (Å²) in [5, 5.41) is 15.6. The topological polar surface area (TPSA) is 66.9 Å². The number of ether oxygens (including phenoxy) is 2. The van der Waals surface area contributed by atoms with Gasteiger partial charge in [0.1, 0.15) is 6.10 Å². The van der Waals surface area contributed by atoms with Crippen LogP contribution in [0.5, 0.6) is 0 Å². The van der Waals surface area contributed by atoms with Crippen LogP contribution in [0.4, 0.5) is 0 Å². The molecule has 1 aromatic carbocycles. The summed E-state index contributed by atoms with van der Waals surface area (Å²) in [5.74, 6) is 0. The smallest absolute Gasteiger partial charge is 0.176 e. The van der Waals surface area contributed by atoms with Gasteiger partial charge in [-0.15, -0.1) is 0 Å². The minimum atomic E-state index is -0.533. The summed E-state index contributed by atoms with van der Waals surface area (Å²) in [6, 6.07) is 9.92. The third-order valence-electron chi connectivity index (χ3n) is 5.55. The minimum absolute atomic E-state index is 0.116. The van der Waals surface area contributed by atoms with Gasteiger partial charge in [0, 0.05) is 18.1 Å². The number of rotatable bonds is 6. The lowest BCUT2D eigenvalue weighted by molar-refractivity contribution is -0.181. The van der Waals surface area contributed by atoms with E-state index >= 15 is 0 Å². The van der Waals surface area contributed by atoms with E-state index in [1.807, 2.05) is 24.4 Å². The SMILES string of the molecule is CCN(CC)C1C2OCC(O2)C(NCc2cnc3ccccc3c2)C1O. The van der Waals surface area contributed by atoms with Gasteiger partial charge < -0.3 is 19.9 Å². The number of hydrogen-bond donors (Lipinski definition) is 2. The van der Waals surface area contributed by atoms with Crippen LogP contribution in [-0.4, -0.2) is 65.3 Å². The zero-order valence-electron chi connectivity index (χ0n) is 15.3. The van der Waals surface area contributed by atoms with Gasteiger partial charge in [-0.25, -0.2) is 0 Å². The lowest BCUT2D eigenvalue weighted by Gasteiger charge is -2.43. The van der Waals surface area contributed by atoms with Gasteiger partial charge in [0.25, 0.3) is 0 Å². The Kier molecular flexibility index (Phi) is 5.20. The number of nitrogens with zero attached hydrogens (tertiary/aromatic N) is 2. The van der Waals surface area contributed by atoms with Gasteiger partial charge in [-0.05, 0) is 30.8 Å². The summed E-state index contributed by atoms with van der Waals surface area (Å²) in [7, 11) is 0. The summed E-state index contributed by atoms with van der Waals surface area (Å²) in [5.41, 5.74) is 2.09. The third kappa shape index (κ3) is 3.23. The van der Waals surface area contributed by atoms with Gasteiger partial charge in [-0.3, -0.25) is 9.88 Å². The number of aromatic nitrogens is 1. The summed E-state index contributed by atoms with van der Waals surface area (Å²) in [4.78, 5) is 6.73. The van der Waals surface area contributed by atoms with E-state index in [1.165, 1.54) is 0 Å². The summed E-state index contributed by atoms with van der Waals surface area (Å²) in [6.07, 6.45) is 0.904. The van der Waals surface area contributed by atoms with Gasteiger partial charge in [-0.2, -0.15) is 0 Å². The second-order valence-electron chi connectivity index (χ2n) is 7.02. The maximum absolute atomic E-state index is 11.0. The molecule has 2 aliphatic rings. The number of likely N-dealkylation sites (N-methyl/N-ethyl adjacent to an activating group) is 1. The Labute approximate surface area is 154 Å². The first kappa shape index (κ1) is 17.8. The van der Waals surface area contributed by atoms with Crippen molar-refractivity contribution in [3.63, 3.8) is 0 Å². The number of pyridine rings is 1. The highest BCUT2D eigenvalue weighted by Crippen LogP contribution is 2.31. The molecule has 5 atom stereocenters. The highest BCUT2D eigenvalue weighted by molar-refractivity contribution is 5.78. The highest BCUT2D eigenvalue weighted by Gasteiger charge is 2.51. The van der Waals surface area contributed by atoms with Crippen LogP contribution in [0.3, 0.4) is 0 Å². The van der Waals surface area contributed by atoms with Crippen molar-refractivity contribution in [1.82, 2.24) is 15.2 Å². The number of hydrogen-bond acceptors (Lipinski definition) is 6. The summed E-state index contributed by atoms with van der Waals surface area (Å²) in [6.45, 7) is 7.06. The number of nitrogens with one attached hydrogen (secondary N) is 1. The van der Waals surface area contributed by atoms with Crippen LogP contribution in [-0.2, 0) is 16.0 Å². The minimum Gasteiger partial charge on any atom is -0.390 e. The number of aliphatic hydroxyl groups is 1. The largest absolute Gasteiger partial charge is 0.390 e. The fraction of sp³-hybridized carbons (Fsp3) is 0.550. The van der Waals surface area contributed by atoms with Crippen LogP contribution in [0.1, 0.15) is 19.4 Å². The van der Waals surface area contributed by atoms with Crippen LogP contribution < -0.4 is 5.32 Å². The van der Waals surface area contributed by atoms with Crippen LogP contribution in [0.2, 0.25) is 0 Å². The van der Waals surface area contributed by atoms with E-state index in [2.05, 4.69) is 41.2 Å². The fourth-order valence-corrected chi connectivity index (χ4v) is 4.14. The average Bonchev–Trinajstić information content (AvgIpc) is 3.10. The zero-order chi connectivity index (χ0) is 18.1. The predicted molar refractivity (Wildman–Crippen MR) is 99.7 cm³/mol.